The van der Waals surface area contributed by atoms with Crippen LogP contribution in [0.2, 0.25) is 0 Å². The zero-order valence-electron chi connectivity index (χ0n) is 11.6. The smallest absolute Gasteiger partial charge is 0.230 e. The first-order chi connectivity index (χ1) is 9.86. The molecule has 20 heavy (non-hydrogen) atoms. The van der Waals surface area contributed by atoms with Crippen LogP contribution >= 0.6 is 0 Å². The molecule has 6 nitrogen and oxygen atoms in total. The van der Waals surface area contributed by atoms with Gasteiger partial charge in [-0.25, -0.2) is 4.98 Å². The molecule has 2 heterocycles. The predicted octanol–water partition coefficient (Wildman–Crippen LogP) is 2.16. The lowest BCUT2D eigenvalue weighted by Gasteiger charge is -2.26. The van der Waals surface area contributed by atoms with Crippen LogP contribution < -0.4 is 5.32 Å². The standard InChI is InChI=1S/C14H19N5O/c1-2-16-11-5-3-10(4-6-11)14-18-13(19-20-14)12-9-15-7-8-17-12/h7-11,16H,2-6H2,1H3. The quantitative estimate of drug-likeness (QED) is 0.920. The Kier molecular flexibility index (Phi) is 4.01. The lowest BCUT2D eigenvalue weighted by atomic mass is 9.86. The molecule has 0 unspecified atom stereocenters. The van der Waals surface area contributed by atoms with Crippen LogP contribution in [0.3, 0.4) is 0 Å². The highest BCUT2D eigenvalue weighted by atomic mass is 16.5. The molecule has 2 aromatic heterocycles. The van der Waals surface area contributed by atoms with Gasteiger partial charge in [-0.2, -0.15) is 4.98 Å². The van der Waals surface area contributed by atoms with E-state index >= 15 is 0 Å². The summed E-state index contributed by atoms with van der Waals surface area (Å²) in [6.45, 7) is 3.18. The SMILES string of the molecule is CCNC1CCC(c2nc(-c3cnccn3)no2)CC1. The largest absolute Gasteiger partial charge is 0.339 e. The summed E-state index contributed by atoms with van der Waals surface area (Å²) < 4.78 is 5.40. The fourth-order valence-electron chi connectivity index (χ4n) is 2.75. The van der Waals surface area contributed by atoms with Crippen molar-refractivity contribution in [3.63, 3.8) is 0 Å². The molecule has 1 aliphatic carbocycles. The van der Waals surface area contributed by atoms with Gasteiger partial charge in [0.2, 0.25) is 11.7 Å². The van der Waals surface area contributed by atoms with Gasteiger partial charge in [-0.05, 0) is 32.2 Å². The van der Waals surface area contributed by atoms with Crippen molar-refractivity contribution in [1.29, 1.82) is 0 Å². The zero-order valence-corrected chi connectivity index (χ0v) is 11.6. The van der Waals surface area contributed by atoms with Crippen LogP contribution in [-0.4, -0.2) is 32.7 Å². The van der Waals surface area contributed by atoms with Crippen molar-refractivity contribution in [2.24, 2.45) is 0 Å². The third kappa shape index (κ3) is 2.85. The molecule has 0 atom stereocenters. The molecule has 0 radical (unpaired) electrons. The number of nitrogens with zero attached hydrogens (tertiary/aromatic N) is 4. The van der Waals surface area contributed by atoms with Crippen LogP contribution in [-0.2, 0) is 0 Å². The molecule has 6 heteroatoms. The van der Waals surface area contributed by atoms with E-state index in [0.29, 0.717) is 23.5 Å². The number of rotatable bonds is 4. The molecule has 3 rings (SSSR count). The van der Waals surface area contributed by atoms with Crippen molar-refractivity contribution in [2.45, 2.75) is 44.6 Å². The fourth-order valence-corrected chi connectivity index (χ4v) is 2.75. The summed E-state index contributed by atoms with van der Waals surface area (Å²) in [6.07, 6.45) is 9.44. The van der Waals surface area contributed by atoms with Gasteiger partial charge in [-0.15, -0.1) is 0 Å². The lowest BCUT2D eigenvalue weighted by molar-refractivity contribution is 0.284. The van der Waals surface area contributed by atoms with E-state index in [-0.39, 0.29) is 0 Å². The average molecular weight is 273 g/mol. The van der Waals surface area contributed by atoms with Crippen molar-refractivity contribution < 1.29 is 4.52 Å². The molecule has 0 aromatic carbocycles. The van der Waals surface area contributed by atoms with Crippen molar-refractivity contribution >= 4 is 0 Å². The topological polar surface area (TPSA) is 76.7 Å². The second kappa shape index (κ2) is 6.09. The van der Waals surface area contributed by atoms with Gasteiger partial charge >= 0.3 is 0 Å². The van der Waals surface area contributed by atoms with E-state index in [0.717, 1.165) is 25.3 Å². The van der Waals surface area contributed by atoms with Crippen LogP contribution in [0.4, 0.5) is 0 Å². The first-order valence-corrected chi connectivity index (χ1v) is 7.20. The Hall–Kier alpha value is -1.82. The maximum Gasteiger partial charge on any atom is 0.230 e. The van der Waals surface area contributed by atoms with E-state index < -0.39 is 0 Å². The summed E-state index contributed by atoms with van der Waals surface area (Å²) in [5, 5.41) is 7.52. The number of hydrogen-bond donors (Lipinski definition) is 1. The summed E-state index contributed by atoms with van der Waals surface area (Å²) in [7, 11) is 0. The maximum atomic E-state index is 5.40. The highest BCUT2D eigenvalue weighted by molar-refractivity contribution is 5.45. The molecule has 1 fully saturated rings. The predicted molar refractivity (Wildman–Crippen MR) is 74.0 cm³/mol. The molecular weight excluding hydrogens is 254 g/mol. The van der Waals surface area contributed by atoms with Gasteiger partial charge in [0.15, 0.2) is 0 Å². The molecular formula is C14H19N5O. The Bertz CT molecular complexity index is 534. The molecule has 0 aliphatic heterocycles. The first kappa shape index (κ1) is 13.2. The lowest BCUT2D eigenvalue weighted by Crippen LogP contribution is -2.32. The molecule has 0 amide bonds. The minimum Gasteiger partial charge on any atom is -0.339 e. The minimum atomic E-state index is 0.378. The fraction of sp³-hybridized carbons (Fsp3) is 0.571. The third-order valence-electron chi connectivity index (χ3n) is 3.80. The molecule has 1 saturated carbocycles. The molecule has 0 bridgehead atoms. The van der Waals surface area contributed by atoms with Crippen molar-refractivity contribution in [2.75, 3.05) is 6.54 Å². The van der Waals surface area contributed by atoms with Crippen molar-refractivity contribution in [3.05, 3.63) is 24.5 Å². The maximum absolute atomic E-state index is 5.40. The van der Waals surface area contributed by atoms with Gasteiger partial charge in [-0.1, -0.05) is 12.1 Å². The average Bonchev–Trinajstić information content (AvgIpc) is 2.99. The molecule has 0 saturated heterocycles. The number of nitrogens with one attached hydrogen (secondary N) is 1. The van der Waals surface area contributed by atoms with E-state index in [4.69, 9.17) is 4.52 Å². The summed E-state index contributed by atoms with van der Waals surface area (Å²) in [5.41, 5.74) is 0.656. The molecule has 1 N–H and O–H groups in total. The van der Waals surface area contributed by atoms with Gasteiger partial charge in [0.1, 0.15) is 5.69 Å². The minimum absolute atomic E-state index is 0.378. The summed E-state index contributed by atoms with van der Waals surface area (Å²) in [4.78, 5) is 12.7. The molecule has 106 valence electrons. The van der Waals surface area contributed by atoms with Crippen molar-refractivity contribution in [1.82, 2.24) is 25.4 Å². The van der Waals surface area contributed by atoms with E-state index in [2.05, 4.69) is 32.3 Å². The second-order valence-electron chi connectivity index (χ2n) is 5.15. The first-order valence-electron chi connectivity index (χ1n) is 7.20. The number of aromatic nitrogens is 4. The van der Waals surface area contributed by atoms with Gasteiger partial charge in [-0.3, -0.25) is 4.98 Å². The Morgan fingerprint density at radius 1 is 1.25 bits per heavy atom. The van der Waals surface area contributed by atoms with E-state index in [1.807, 2.05) is 0 Å². The molecule has 2 aromatic rings. The highest BCUT2D eigenvalue weighted by Crippen LogP contribution is 2.32. The summed E-state index contributed by atoms with van der Waals surface area (Å²) >= 11 is 0. The third-order valence-corrected chi connectivity index (χ3v) is 3.80. The van der Waals surface area contributed by atoms with Crippen LogP contribution in [0, 0.1) is 0 Å². The van der Waals surface area contributed by atoms with Gasteiger partial charge in [0.05, 0.1) is 6.20 Å². The monoisotopic (exact) mass is 273 g/mol. The second-order valence-corrected chi connectivity index (χ2v) is 5.15. The van der Waals surface area contributed by atoms with E-state index in [1.54, 1.807) is 18.6 Å². The van der Waals surface area contributed by atoms with Crippen LogP contribution in [0.5, 0.6) is 0 Å². The highest BCUT2D eigenvalue weighted by Gasteiger charge is 2.26. The van der Waals surface area contributed by atoms with Crippen LogP contribution in [0.1, 0.15) is 44.4 Å². The Morgan fingerprint density at radius 2 is 2.10 bits per heavy atom. The van der Waals surface area contributed by atoms with Gasteiger partial charge in [0.25, 0.3) is 0 Å². The normalized spacial score (nSPS) is 22.9. The van der Waals surface area contributed by atoms with Crippen molar-refractivity contribution in [3.8, 4) is 11.5 Å². The summed E-state index contributed by atoms with van der Waals surface area (Å²) in [6, 6.07) is 0.638. The van der Waals surface area contributed by atoms with Crippen LogP contribution in [0.15, 0.2) is 23.1 Å². The van der Waals surface area contributed by atoms with Crippen LogP contribution in [0.25, 0.3) is 11.5 Å². The van der Waals surface area contributed by atoms with Gasteiger partial charge in [0, 0.05) is 24.4 Å². The Labute approximate surface area is 118 Å². The Balaban J connectivity index is 1.66. The Morgan fingerprint density at radius 3 is 2.80 bits per heavy atom. The molecule has 0 spiro atoms. The van der Waals surface area contributed by atoms with E-state index in [9.17, 15) is 0 Å². The van der Waals surface area contributed by atoms with E-state index in [1.165, 1.54) is 12.8 Å². The molecule has 1 aliphatic rings. The summed E-state index contributed by atoms with van der Waals surface area (Å²) in [5.74, 6) is 1.64. The zero-order chi connectivity index (χ0) is 13.8. The van der Waals surface area contributed by atoms with Gasteiger partial charge < -0.3 is 9.84 Å². The number of hydrogen-bond acceptors (Lipinski definition) is 6.